The molecule has 23 heteroatoms. The number of hydrogen-bond acceptors (Lipinski definition) is 13. The second-order valence-electron chi connectivity index (χ2n) is 31.8. The molecular weight excluding hydrogens is 1290 g/mol. The average Bonchev–Trinajstić information content (AvgIpc) is 1.73. The van der Waals surface area contributed by atoms with E-state index in [2.05, 4.69) is 107 Å². The number of hydrogen-bond donors (Lipinski definition) is 2. The Kier molecular flexibility index (Phi) is 30.6. The van der Waals surface area contributed by atoms with E-state index in [4.69, 9.17) is 39.1 Å². The third kappa shape index (κ3) is 21.4. The zero-order valence-electron chi connectivity index (χ0n) is 61.3. The van der Waals surface area contributed by atoms with Gasteiger partial charge in [0.15, 0.2) is 15.9 Å². The van der Waals surface area contributed by atoms with Crippen molar-refractivity contribution in [3.63, 3.8) is 0 Å². The topological polar surface area (TPSA) is 244 Å². The molecule has 2 fully saturated rings. The van der Waals surface area contributed by atoms with E-state index in [1.807, 2.05) is 75.3 Å². The van der Waals surface area contributed by atoms with Crippen LogP contribution in [0.4, 0.5) is 19.0 Å². The zero-order valence-corrected chi connectivity index (χ0v) is 65.9. The number of nitrogens with zero attached hydrogens (tertiary/aromatic N) is 2. The summed E-state index contributed by atoms with van der Waals surface area (Å²) in [7, 11) is -2.49. The number of H-pyrrole nitrogens is 1. The number of carbonyl (C=O) groups excluding carboxylic acids is 5. The summed E-state index contributed by atoms with van der Waals surface area (Å²) in [6, 6.07) is 0. The van der Waals surface area contributed by atoms with Gasteiger partial charge >= 0.3 is 42.9 Å². The van der Waals surface area contributed by atoms with Gasteiger partial charge in [-0.15, -0.1) is 11.8 Å². The van der Waals surface area contributed by atoms with Crippen LogP contribution in [0.25, 0.3) is 16.5 Å². The van der Waals surface area contributed by atoms with Gasteiger partial charge in [-0.05, 0) is 139 Å². The zero-order chi connectivity index (χ0) is 71.0. The number of aromatic amines is 1. The summed E-state index contributed by atoms with van der Waals surface area (Å²) in [6.07, 6.45) is 6.32. The van der Waals surface area contributed by atoms with Gasteiger partial charge in [-0.1, -0.05) is 152 Å². The van der Waals surface area contributed by atoms with Crippen molar-refractivity contribution in [1.29, 1.82) is 0 Å². The average molecular weight is 1410 g/mol. The molecule has 0 aromatic carbocycles. The molecule has 2 heterocycles. The number of nitrogens with one attached hydrogen (secondary N) is 3. The summed E-state index contributed by atoms with van der Waals surface area (Å²) >= 11 is 1.40. The van der Waals surface area contributed by atoms with Crippen LogP contribution in [-0.4, -0.2) is 111 Å². The van der Waals surface area contributed by atoms with E-state index in [0.717, 1.165) is 25.7 Å². The van der Waals surface area contributed by atoms with Crippen molar-refractivity contribution in [2.24, 2.45) is 78.9 Å². The summed E-state index contributed by atoms with van der Waals surface area (Å²) in [6.45, 7) is 50.9. The quantitative estimate of drug-likeness (QED) is 0.0449. The third-order valence-corrected chi connectivity index (χ3v) is 21.8. The molecule has 528 valence electrons. The molecular formula is C70H116F3N5O12S2Zn. The molecule has 2 amide bonds. The number of aliphatic imine (C=N–C) groups is 1. The van der Waals surface area contributed by atoms with Crippen molar-refractivity contribution in [2.75, 3.05) is 45.1 Å². The van der Waals surface area contributed by atoms with Crippen LogP contribution in [0.15, 0.2) is 21.8 Å². The molecule has 0 saturated heterocycles. The summed E-state index contributed by atoms with van der Waals surface area (Å²) in [5.41, 5.74) is -5.69. The largest absolute Gasteiger partial charge is 2.00 e. The van der Waals surface area contributed by atoms with E-state index in [-0.39, 0.29) is 125 Å². The number of esters is 3. The molecule has 2 aliphatic carbocycles. The summed E-state index contributed by atoms with van der Waals surface area (Å²) in [5.74, 6) is -1.50. The summed E-state index contributed by atoms with van der Waals surface area (Å²) < 4.78 is 80.7. The first kappa shape index (κ1) is 85.5. The molecule has 1 aromatic rings. The van der Waals surface area contributed by atoms with Crippen molar-refractivity contribution in [3.8, 4) is 0 Å². The van der Waals surface area contributed by atoms with E-state index in [0.29, 0.717) is 65.8 Å². The number of aromatic nitrogens is 1. The fourth-order valence-electron chi connectivity index (χ4n) is 13.3. The van der Waals surface area contributed by atoms with Crippen molar-refractivity contribution < 1.29 is 88.7 Å². The van der Waals surface area contributed by atoms with Crippen LogP contribution in [-0.2, 0) is 72.4 Å². The van der Waals surface area contributed by atoms with Gasteiger partial charge in [0, 0.05) is 49.3 Å². The number of ether oxygens (including phenoxy) is 5. The first-order chi connectivity index (χ1) is 41.9. The number of halogens is 3. The summed E-state index contributed by atoms with van der Waals surface area (Å²) in [4.78, 5) is 82.8. The smallest absolute Gasteiger partial charge is 0.556 e. The van der Waals surface area contributed by atoms with Crippen molar-refractivity contribution in [2.45, 2.75) is 246 Å². The Bertz CT molecular complexity index is 2890. The molecule has 4 rings (SSSR count). The second kappa shape index (κ2) is 33.3. The Balaban J connectivity index is 0.00000305. The van der Waals surface area contributed by atoms with Crippen LogP contribution in [0.5, 0.6) is 0 Å². The fourth-order valence-corrected chi connectivity index (χ4v) is 14.4. The first-order valence-electron chi connectivity index (χ1n) is 33.1. The number of alkyl halides is 3. The fraction of sp³-hybridized carbons (Fsp3) is 0.800. The SMILES string of the molecule is CCC(C)(C)C(=O)OCCSC(CC)(CC)C(=O)N=C1[N-]/C(=C\c2[nH]c(NC(=O)C(CC)(COC)COC)c(C(=O)OC3C(C(C)(C)C)CC(C)CC3C(C)(C)C)c2C(C)C)C(C(C)C)=C1C(=O)OC1C(C(C)(C)C)CC(C)CC1C(C)(C)C.[NH-]S(=O)(=O)C(F)(F)F.[Zn+2]. The third-order valence-electron chi connectivity index (χ3n) is 19.5. The number of methoxy groups -OCH3 is 2. The second-order valence-corrected chi connectivity index (χ2v) is 34.7. The maximum atomic E-state index is 15.7. The van der Waals surface area contributed by atoms with Crippen LogP contribution in [0.3, 0.4) is 0 Å². The van der Waals surface area contributed by atoms with E-state index in [1.165, 1.54) is 11.8 Å². The Morgan fingerprint density at radius 2 is 1.12 bits per heavy atom. The van der Waals surface area contributed by atoms with Crippen molar-refractivity contribution in [1.82, 2.24) is 4.98 Å². The van der Waals surface area contributed by atoms with Gasteiger partial charge in [-0.2, -0.15) is 13.2 Å². The van der Waals surface area contributed by atoms with E-state index in [1.54, 1.807) is 14.2 Å². The molecule has 3 N–H and O–H groups in total. The van der Waals surface area contributed by atoms with E-state index >= 15 is 14.4 Å². The van der Waals surface area contributed by atoms with Gasteiger partial charge in [-0.3, -0.25) is 14.4 Å². The Morgan fingerprint density at radius 1 is 0.699 bits per heavy atom. The Hall–Kier alpha value is -3.63. The molecule has 17 nitrogen and oxygen atoms in total. The van der Waals surface area contributed by atoms with Crippen molar-refractivity contribution >= 4 is 69.2 Å². The van der Waals surface area contributed by atoms with E-state index < -0.39 is 67.1 Å². The predicted octanol–water partition coefficient (Wildman–Crippen LogP) is 17.5. The minimum absolute atomic E-state index is 0. The first-order valence-corrected chi connectivity index (χ1v) is 35.5. The van der Waals surface area contributed by atoms with Crippen LogP contribution in [0.2, 0.25) is 0 Å². The van der Waals surface area contributed by atoms with Crippen molar-refractivity contribution in [3.05, 3.63) is 44.1 Å². The number of amides is 2. The molecule has 0 radical (unpaired) electrons. The van der Waals surface area contributed by atoms with Crippen LogP contribution in [0, 0.1) is 73.9 Å². The van der Waals surface area contributed by atoms with Gasteiger partial charge < -0.3 is 49.4 Å². The predicted molar refractivity (Wildman–Crippen MR) is 363 cm³/mol. The van der Waals surface area contributed by atoms with Gasteiger partial charge in [-0.25, -0.2) is 18.0 Å². The number of rotatable bonds is 23. The number of thioether (sulfide) groups is 1. The molecule has 0 spiro atoms. The van der Waals surface area contributed by atoms with Gasteiger partial charge in [0.05, 0.1) is 34.4 Å². The molecule has 4 atom stereocenters. The standard InChI is InChI=1S/C69H116N4O10S.CHF3NO2S.Zn/c1-27-67(23,24)62(78)81-31-32-84-69(29-3,30-4)61(77)73-57-53(59(75)83-55-46(65(17,18)19)35-43(10)36-47(55)66(20,21)22)51(41(7)8)49(71-57)37-48-50(40(5)6)52(56(70-48)72-60(76)68(28-2,38-79-25)39-80-26)58(74)82-54-44(63(11,12)13)33-42(9)34-45(54)64(14,15)16;2-1(3,4)8(5,6)7;/h37,40-47,54-55H,27-36,38-39H2,1-26H3,(H3,70,71,72,73,74,75,76,77);(H-,5,6,7);/q;-1;+2/p-1. The maximum Gasteiger partial charge on any atom is 2.00 e. The van der Waals surface area contributed by atoms with Crippen LogP contribution >= 0.6 is 11.8 Å². The number of anilines is 1. The molecule has 93 heavy (non-hydrogen) atoms. The molecule has 1 aromatic heterocycles. The minimum atomic E-state index is -5.59. The molecule has 4 unspecified atom stereocenters. The molecule has 0 bridgehead atoms. The maximum absolute atomic E-state index is 15.7. The Labute approximate surface area is 573 Å². The summed E-state index contributed by atoms with van der Waals surface area (Å²) in [5, 5.41) is 13.8. The molecule has 3 aliphatic rings. The van der Waals surface area contributed by atoms with Gasteiger partial charge in [0.2, 0.25) is 5.91 Å². The number of amidine groups is 1. The monoisotopic (exact) mass is 1400 g/mol. The van der Waals surface area contributed by atoms with Crippen LogP contribution < -0.4 is 5.32 Å². The van der Waals surface area contributed by atoms with Crippen LogP contribution in [0.1, 0.15) is 245 Å². The number of sulfonamides is 1. The minimum Gasteiger partial charge on any atom is -0.556 e. The number of allylic oxidation sites excluding steroid dienone is 1. The Morgan fingerprint density at radius 3 is 1.46 bits per heavy atom. The number of carbonyl (C=O) groups is 5. The molecule has 1 aliphatic heterocycles. The van der Waals surface area contributed by atoms with Gasteiger partial charge in [0.1, 0.15) is 30.2 Å². The van der Waals surface area contributed by atoms with E-state index in [9.17, 15) is 31.2 Å². The molecule has 2 saturated carbocycles. The normalized spacial score (nSPS) is 23.1. The van der Waals surface area contributed by atoms with Gasteiger partial charge in [0.25, 0.3) is 0 Å².